The Morgan fingerprint density at radius 2 is 2.25 bits per heavy atom. The number of hydrogen-bond acceptors (Lipinski definition) is 4. The van der Waals surface area contributed by atoms with Crippen molar-refractivity contribution in [3.63, 3.8) is 0 Å². The van der Waals surface area contributed by atoms with E-state index in [1.807, 2.05) is 13.8 Å². The largest absolute Gasteiger partial charge is 0.478 e. The van der Waals surface area contributed by atoms with E-state index >= 15 is 0 Å². The van der Waals surface area contributed by atoms with Gasteiger partial charge in [-0.05, 0) is 25.3 Å². The van der Waals surface area contributed by atoms with Gasteiger partial charge in [0.15, 0.2) is 0 Å². The Morgan fingerprint density at radius 1 is 1.60 bits per heavy atom. The van der Waals surface area contributed by atoms with Crippen LogP contribution >= 0.6 is 0 Å². The Balaban J connectivity index is 3.03. The molecule has 0 saturated carbocycles. The molecule has 1 aliphatic carbocycles. The van der Waals surface area contributed by atoms with Crippen molar-refractivity contribution in [3.05, 3.63) is 11.6 Å². The summed E-state index contributed by atoms with van der Waals surface area (Å²) in [7, 11) is 0. The van der Waals surface area contributed by atoms with E-state index in [-0.39, 0.29) is 18.1 Å². The molecule has 0 aromatic carbocycles. The zero-order chi connectivity index (χ0) is 17.8. The van der Waals surface area contributed by atoms with Gasteiger partial charge in [-0.25, -0.2) is 4.79 Å². The summed E-state index contributed by atoms with van der Waals surface area (Å²) in [5, 5.41) is 11.5. The van der Waals surface area contributed by atoms with Crippen molar-refractivity contribution in [2.75, 3.05) is 0 Å². The fraction of sp³-hybridized carbons (Fsp3) is 0.714. The summed E-state index contributed by atoms with van der Waals surface area (Å²) in [5.74, 6) is -2.22. The molecule has 0 saturated heterocycles. The van der Waals surface area contributed by atoms with Crippen molar-refractivity contribution in [1.82, 2.24) is 5.32 Å². The van der Waals surface area contributed by atoms with Gasteiger partial charge in [-0.2, -0.15) is 0 Å². The summed E-state index contributed by atoms with van der Waals surface area (Å²) in [5.41, 5.74) is 6.07. The van der Waals surface area contributed by atoms with Gasteiger partial charge in [0, 0.05) is 22.6 Å². The van der Waals surface area contributed by atoms with Crippen LogP contribution in [-0.2, 0) is 14.3 Å². The first-order valence-corrected chi connectivity index (χ1v) is 6.76. The summed E-state index contributed by atoms with van der Waals surface area (Å²) in [6.45, 7) is 1.06. The van der Waals surface area contributed by atoms with E-state index in [9.17, 15) is 9.59 Å². The van der Waals surface area contributed by atoms with Crippen LogP contribution in [0.1, 0.15) is 44.1 Å². The number of carboxylic acid groups (broad SMARTS) is 1. The molecule has 0 heterocycles. The van der Waals surface area contributed by atoms with Gasteiger partial charge >= 0.3 is 5.97 Å². The number of aliphatic carboxylic acids is 1. The maximum absolute atomic E-state index is 11.7. The predicted molar refractivity (Wildman–Crippen MR) is 75.2 cm³/mol. The topological polar surface area (TPSA) is 102 Å². The second-order valence-corrected chi connectivity index (χ2v) is 4.90. The molecule has 0 unspecified atom stereocenters. The number of ether oxygens (including phenoxy) is 1. The lowest BCUT2D eigenvalue weighted by Gasteiger charge is -2.36. The molecule has 1 amide bonds. The van der Waals surface area contributed by atoms with Crippen molar-refractivity contribution >= 4 is 11.9 Å². The van der Waals surface area contributed by atoms with E-state index in [1.165, 1.54) is 6.08 Å². The lowest BCUT2D eigenvalue weighted by molar-refractivity contribution is -0.133. The first-order chi connectivity index (χ1) is 10.6. The molecule has 6 nitrogen and oxygen atoms in total. The van der Waals surface area contributed by atoms with Gasteiger partial charge < -0.3 is 20.9 Å². The van der Waals surface area contributed by atoms with Crippen LogP contribution in [0.5, 0.6) is 0 Å². The van der Waals surface area contributed by atoms with Crippen LogP contribution in [0.2, 0.25) is 0 Å². The molecule has 0 aromatic rings. The monoisotopic (exact) mass is 288 g/mol. The molecule has 0 bridgehead atoms. The first-order valence-electron chi connectivity index (χ1n) is 8.26. The Kier molecular flexibility index (Phi) is 4.57. The molecule has 4 N–H and O–H groups in total. The van der Waals surface area contributed by atoms with Crippen molar-refractivity contribution < 1.29 is 23.5 Å². The van der Waals surface area contributed by atoms with Crippen molar-refractivity contribution in [3.8, 4) is 0 Å². The van der Waals surface area contributed by atoms with Crippen LogP contribution in [0.25, 0.3) is 0 Å². The van der Waals surface area contributed by atoms with Crippen molar-refractivity contribution in [2.24, 2.45) is 5.73 Å². The average Bonchev–Trinajstić information content (AvgIpc) is 2.45. The van der Waals surface area contributed by atoms with E-state index in [0.717, 1.165) is 0 Å². The number of carboxylic acids is 1. The Morgan fingerprint density at radius 3 is 2.75 bits per heavy atom. The number of rotatable bonds is 6. The van der Waals surface area contributed by atoms with E-state index in [2.05, 4.69) is 5.32 Å². The minimum atomic E-state index is -2.80. The maximum Gasteiger partial charge on any atom is 0.331 e. The average molecular weight is 288 g/mol. The lowest BCUT2D eigenvalue weighted by atomic mass is 9.88. The van der Waals surface area contributed by atoms with Crippen LogP contribution in [0.15, 0.2) is 11.6 Å². The normalized spacial score (nSPS) is 29.1. The predicted octanol–water partition coefficient (Wildman–Crippen LogP) is 0.807. The maximum atomic E-state index is 11.7. The number of amides is 1. The Hall–Kier alpha value is -1.40. The second kappa shape index (κ2) is 7.40. The number of carbonyl (C=O) groups excluding carboxylic acids is 1. The summed E-state index contributed by atoms with van der Waals surface area (Å²) >= 11 is 0. The molecule has 0 fully saturated rings. The fourth-order valence-corrected chi connectivity index (χ4v) is 2.32. The Bertz CT molecular complexity index is 475. The molecule has 0 spiro atoms. The summed E-state index contributed by atoms with van der Waals surface area (Å²) < 4.78 is 27.3. The molecule has 3 atom stereocenters. The van der Waals surface area contributed by atoms with E-state index < -0.39 is 36.9 Å². The summed E-state index contributed by atoms with van der Waals surface area (Å²) in [6, 6.07) is -1.52. The highest BCUT2D eigenvalue weighted by Crippen LogP contribution is 2.23. The van der Waals surface area contributed by atoms with Crippen LogP contribution in [0.4, 0.5) is 0 Å². The van der Waals surface area contributed by atoms with Gasteiger partial charge in [-0.3, -0.25) is 4.79 Å². The van der Waals surface area contributed by atoms with Crippen LogP contribution < -0.4 is 11.1 Å². The zero-order valence-corrected chi connectivity index (χ0v) is 11.8. The molecule has 20 heavy (non-hydrogen) atoms. The van der Waals surface area contributed by atoms with Crippen molar-refractivity contribution in [2.45, 2.75) is 64.3 Å². The minimum absolute atomic E-state index is 0.0318. The number of hydrogen-bond donors (Lipinski definition) is 3. The fourth-order valence-electron chi connectivity index (χ4n) is 2.32. The van der Waals surface area contributed by atoms with E-state index in [1.54, 1.807) is 0 Å². The van der Waals surface area contributed by atoms with Gasteiger partial charge in [-0.15, -0.1) is 0 Å². The SMILES string of the molecule is [2H][13C]([2H])([2H])C(=O)N[C@@H]1[C@@H](N)CC(C(=O)O)=C[C@H]1OC(CC)CC. The first kappa shape index (κ1) is 12.3. The molecule has 0 aliphatic heterocycles. The third-order valence-electron chi connectivity index (χ3n) is 3.47. The van der Waals surface area contributed by atoms with E-state index in [4.69, 9.17) is 19.7 Å². The minimum Gasteiger partial charge on any atom is -0.478 e. The number of nitrogens with two attached hydrogens (primary N) is 1. The highest BCUT2D eigenvalue weighted by atomic mass is 16.5. The Labute approximate surface area is 123 Å². The third-order valence-corrected chi connectivity index (χ3v) is 3.47. The second-order valence-electron chi connectivity index (χ2n) is 4.90. The quantitative estimate of drug-likeness (QED) is 0.628. The van der Waals surface area contributed by atoms with Crippen LogP contribution in [-0.4, -0.2) is 41.3 Å². The summed E-state index contributed by atoms with van der Waals surface area (Å²) in [4.78, 5) is 22.9. The molecule has 1 aliphatic rings. The van der Waals surface area contributed by atoms with E-state index in [0.29, 0.717) is 12.8 Å². The number of carbonyl (C=O) groups is 2. The zero-order valence-electron chi connectivity index (χ0n) is 14.8. The van der Waals surface area contributed by atoms with Crippen LogP contribution in [0.3, 0.4) is 0 Å². The highest BCUT2D eigenvalue weighted by Gasteiger charge is 2.35. The number of nitrogens with one attached hydrogen (secondary N) is 1. The molecule has 0 aromatic heterocycles. The van der Waals surface area contributed by atoms with Gasteiger partial charge in [0.25, 0.3) is 0 Å². The van der Waals surface area contributed by atoms with Gasteiger partial charge in [0.1, 0.15) is 0 Å². The molecular formula is C14H24N2O4. The summed E-state index contributed by atoms with van der Waals surface area (Å²) in [6.07, 6.45) is 1.94. The molecular weight excluding hydrogens is 261 g/mol. The van der Waals surface area contributed by atoms with Crippen molar-refractivity contribution in [1.29, 1.82) is 0 Å². The van der Waals surface area contributed by atoms with Crippen LogP contribution in [0, 0.1) is 0 Å². The standard InChI is InChI=1S/C14H24N2O4/c1-4-10(5-2)20-12-7-9(14(18)19)6-11(15)13(12)16-8(3)17/h7,10-13H,4-6,15H2,1-3H3,(H,16,17)(H,18,19)/t11-,12+,13+/m0/s1/i3+1D3. The molecule has 0 radical (unpaired) electrons. The van der Waals surface area contributed by atoms with Gasteiger partial charge in [-0.1, -0.05) is 13.8 Å². The third kappa shape index (κ3) is 4.31. The smallest absolute Gasteiger partial charge is 0.331 e. The van der Waals surface area contributed by atoms with Gasteiger partial charge in [0.2, 0.25) is 5.91 Å². The molecule has 1 rings (SSSR count). The molecule has 114 valence electrons. The van der Waals surface area contributed by atoms with Gasteiger partial charge in [0.05, 0.1) is 18.2 Å². The lowest BCUT2D eigenvalue weighted by Crippen LogP contribution is -2.57. The molecule has 6 heteroatoms. The highest BCUT2D eigenvalue weighted by molar-refractivity contribution is 5.87.